The average Bonchev–Trinajstić information content (AvgIpc) is 2.77. The van der Waals surface area contributed by atoms with Crippen molar-refractivity contribution in [2.24, 2.45) is 0 Å². The summed E-state index contributed by atoms with van der Waals surface area (Å²) in [6.45, 7) is 0.329. The lowest BCUT2D eigenvalue weighted by Crippen LogP contribution is -2.26. The Morgan fingerprint density at radius 2 is 2.00 bits per heavy atom. The van der Waals surface area contributed by atoms with Gasteiger partial charge in [-0.3, -0.25) is 4.98 Å². The molecule has 0 unspecified atom stereocenters. The van der Waals surface area contributed by atoms with E-state index < -0.39 is 10.0 Å². The molecule has 2 aromatic heterocycles. The molecule has 0 aliphatic rings. The molecular weight excluding hydrogens is 336 g/mol. The SMILES string of the molecule is CN(Cc1ccncc1)S(=O)(=O)c1sccc1Br. The summed E-state index contributed by atoms with van der Waals surface area (Å²) in [5.74, 6) is 0. The second-order valence-corrected chi connectivity index (χ2v) is 7.68. The Balaban J connectivity index is 2.24. The molecule has 0 aliphatic carbocycles. The van der Waals surface area contributed by atoms with Crippen molar-refractivity contribution in [3.63, 3.8) is 0 Å². The fourth-order valence-corrected chi connectivity index (χ4v) is 5.10. The third-order valence-electron chi connectivity index (χ3n) is 2.38. The van der Waals surface area contributed by atoms with Gasteiger partial charge in [0.05, 0.1) is 0 Å². The number of nitrogens with zero attached hydrogens (tertiary/aromatic N) is 2. The summed E-state index contributed by atoms with van der Waals surface area (Å²) in [5, 5.41) is 1.75. The zero-order valence-corrected chi connectivity index (χ0v) is 12.8. The lowest BCUT2D eigenvalue weighted by Gasteiger charge is -2.16. The minimum atomic E-state index is -3.44. The number of halogens is 1. The minimum Gasteiger partial charge on any atom is -0.265 e. The summed E-state index contributed by atoms with van der Waals surface area (Å²) >= 11 is 4.46. The molecule has 0 fully saturated rings. The van der Waals surface area contributed by atoms with Crippen LogP contribution in [0.4, 0.5) is 0 Å². The Labute approximate surface area is 118 Å². The van der Waals surface area contributed by atoms with E-state index in [2.05, 4.69) is 20.9 Å². The van der Waals surface area contributed by atoms with Gasteiger partial charge in [-0.05, 0) is 45.1 Å². The van der Waals surface area contributed by atoms with Crippen LogP contribution in [0.1, 0.15) is 5.56 Å². The van der Waals surface area contributed by atoms with E-state index in [4.69, 9.17) is 0 Å². The molecule has 0 N–H and O–H groups in total. The molecule has 0 spiro atoms. The van der Waals surface area contributed by atoms with Crippen molar-refractivity contribution in [1.82, 2.24) is 9.29 Å². The van der Waals surface area contributed by atoms with Crippen molar-refractivity contribution in [2.75, 3.05) is 7.05 Å². The second kappa shape index (κ2) is 5.48. The van der Waals surface area contributed by atoms with E-state index in [0.717, 1.165) is 5.56 Å². The normalized spacial score (nSPS) is 11.9. The molecule has 2 aromatic rings. The number of thiophene rings is 1. The van der Waals surface area contributed by atoms with Crippen molar-refractivity contribution < 1.29 is 8.42 Å². The molecular formula is C11H11BrN2O2S2. The van der Waals surface area contributed by atoms with Gasteiger partial charge in [0.2, 0.25) is 0 Å². The van der Waals surface area contributed by atoms with Crippen LogP contribution in [0, 0.1) is 0 Å². The molecule has 7 heteroatoms. The predicted molar refractivity (Wildman–Crippen MR) is 74.9 cm³/mol. The maximum absolute atomic E-state index is 12.3. The molecule has 0 amide bonds. The van der Waals surface area contributed by atoms with E-state index in [-0.39, 0.29) is 0 Å². The van der Waals surface area contributed by atoms with E-state index in [9.17, 15) is 8.42 Å². The van der Waals surface area contributed by atoms with Crippen LogP contribution in [0.2, 0.25) is 0 Å². The summed E-state index contributed by atoms with van der Waals surface area (Å²) in [4.78, 5) is 3.91. The fraction of sp³-hybridized carbons (Fsp3) is 0.182. The Morgan fingerprint density at radius 1 is 1.33 bits per heavy atom. The van der Waals surface area contributed by atoms with Crippen LogP contribution in [-0.4, -0.2) is 24.8 Å². The molecule has 96 valence electrons. The van der Waals surface area contributed by atoms with Crippen LogP contribution in [0.25, 0.3) is 0 Å². The molecule has 0 aromatic carbocycles. The molecule has 0 atom stereocenters. The van der Waals surface area contributed by atoms with Crippen LogP contribution in [-0.2, 0) is 16.6 Å². The van der Waals surface area contributed by atoms with Crippen LogP contribution in [0.15, 0.2) is 44.7 Å². The van der Waals surface area contributed by atoms with Gasteiger partial charge >= 0.3 is 0 Å². The number of aromatic nitrogens is 1. The van der Waals surface area contributed by atoms with Crippen molar-refractivity contribution in [1.29, 1.82) is 0 Å². The molecule has 0 aliphatic heterocycles. The highest BCUT2D eigenvalue weighted by molar-refractivity contribution is 9.10. The van der Waals surface area contributed by atoms with Crippen LogP contribution in [0.3, 0.4) is 0 Å². The maximum atomic E-state index is 12.3. The van der Waals surface area contributed by atoms with E-state index >= 15 is 0 Å². The van der Waals surface area contributed by atoms with Gasteiger partial charge in [-0.1, -0.05) is 0 Å². The van der Waals surface area contributed by atoms with Crippen LogP contribution in [0.5, 0.6) is 0 Å². The average molecular weight is 347 g/mol. The van der Waals surface area contributed by atoms with Crippen molar-refractivity contribution in [3.8, 4) is 0 Å². The lowest BCUT2D eigenvalue weighted by molar-refractivity contribution is 0.468. The van der Waals surface area contributed by atoms with Crippen molar-refractivity contribution in [2.45, 2.75) is 10.8 Å². The summed E-state index contributed by atoms with van der Waals surface area (Å²) in [6, 6.07) is 5.34. The second-order valence-electron chi connectivity index (χ2n) is 3.67. The molecule has 0 saturated heterocycles. The fourth-order valence-electron chi connectivity index (χ4n) is 1.44. The van der Waals surface area contributed by atoms with Gasteiger partial charge in [0, 0.05) is 30.5 Å². The molecule has 18 heavy (non-hydrogen) atoms. The van der Waals surface area contributed by atoms with E-state index in [1.54, 1.807) is 43.0 Å². The quantitative estimate of drug-likeness (QED) is 0.855. The first-order valence-electron chi connectivity index (χ1n) is 5.10. The first-order chi connectivity index (χ1) is 8.51. The third kappa shape index (κ3) is 2.80. The number of hydrogen-bond donors (Lipinski definition) is 0. The first kappa shape index (κ1) is 13.7. The van der Waals surface area contributed by atoms with Gasteiger partial charge in [-0.25, -0.2) is 8.42 Å². The van der Waals surface area contributed by atoms with Crippen molar-refractivity contribution in [3.05, 3.63) is 46.0 Å². The zero-order valence-electron chi connectivity index (χ0n) is 9.58. The van der Waals surface area contributed by atoms with Gasteiger partial charge in [-0.2, -0.15) is 4.31 Å². The van der Waals surface area contributed by atoms with E-state index in [1.807, 2.05) is 0 Å². The maximum Gasteiger partial charge on any atom is 0.253 e. The van der Waals surface area contributed by atoms with Gasteiger partial charge < -0.3 is 0 Å². The number of rotatable bonds is 4. The minimum absolute atomic E-state index is 0.329. The molecule has 2 rings (SSSR count). The Morgan fingerprint density at radius 3 is 2.56 bits per heavy atom. The first-order valence-corrected chi connectivity index (χ1v) is 8.21. The van der Waals surface area contributed by atoms with Gasteiger partial charge in [-0.15, -0.1) is 11.3 Å². The topological polar surface area (TPSA) is 50.3 Å². The van der Waals surface area contributed by atoms with Crippen LogP contribution >= 0.6 is 27.3 Å². The molecule has 0 radical (unpaired) electrons. The molecule has 2 heterocycles. The Bertz CT molecular complexity index is 626. The lowest BCUT2D eigenvalue weighted by atomic mass is 10.3. The third-order valence-corrected chi connectivity index (χ3v) is 6.83. The Kier molecular flexibility index (Phi) is 4.16. The van der Waals surface area contributed by atoms with Crippen molar-refractivity contribution >= 4 is 37.3 Å². The van der Waals surface area contributed by atoms with E-state index in [0.29, 0.717) is 15.2 Å². The summed E-state index contributed by atoms with van der Waals surface area (Å²) in [5.41, 5.74) is 0.906. The zero-order chi connectivity index (χ0) is 13.2. The standard InChI is InChI=1S/C11H11BrN2O2S2/c1-14(8-9-2-5-13-6-3-9)18(15,16)11-10(12)4-7-17-11/h2-7H,8H2,1H3. The molecule has 0 bridgehead atoms. The summed E-state index contributed by atoms with van der Waals surface area (Å²) in [6.07, 6.45) is 3.30. The number of sulfonamides is 1. The molecule has 0 saturated carbocycles. The van der Waals surface area contributed by atoms with E-state index in [1.165, 1.54) is 15.6 Å². The summed E-state index contributed by atoms with van der Waals surface area (Å²) < 4.78 is 26.9. The predicted octanol–water partition coefficient (Wildman–Crippen LogP) is 2.73. The number of hydrogen-bond acceptors (Lipinski definition) is 4. The van der Waals surface area contributed by atoms with Gasteiger partial charge in [0.1, 0.15) is 4.21 Å². The van der Waals surface area contributed by atoms with Gasteiger partial charge in [0.25, 0.3) is 10.0 Å². The smallest absolute Gasteiger partial charge is 0.253 e. The Hall–Kier alpha value is -0.760. The largest absolute Gasteiger partial charge is 0.265 e. The monoisotopic (exact) mass is 346 g/mol. The summed E-state index contributed by atoms with van der Waals surface area (Å²) in [7, 11) is -1.87. The van der Waals surface area contributed by atoms with Gasteiger partial charge in [0.15, 0.2) is 0 Å². The van der Waals surface area contributed by atoms with Crippen LogP contribution < -0.4 is 0 Å². The highest BCUT2D eigenvalue weighted by Gasteiger charge is 2.24. The number of pyridine rings is 1. The molecule has 4 nitrogen and oxygen atoms in total. The highest BCUT2D eigenvalue weighted by Crippen LogP contribution is 2.30. The highest BCUT2D eigenvalue weighted by atomic mass is 79.9.